The second-order valence-electron chi connectivity index (χ2n) is 6.75. The highest BCUT2D eigenvalue weighted by atomic mass is 16.2. The lowest BCUT2D eigenvalue weighted by atomic mass is 10.2. The van der Waals surface area contributed by atoms with E-state index in [4.69, 9.17) is 0 Å². The number of urea groups is 1. The third-order valence-electron chi connectivity index (χ3n) is 4.54. The number of nitrogens with zero attached hydrogens (tertiary/aromatic N) is 2. The molecule has 3 aromatic carbocycles. The quantitative estimate of drug-likeness (QED) is 0.439. The first kappa shape index (κ1) is 19.2. The summed E-state index contributed by atoms with van der Waals surface area (Å²) in [6.45, 7) is 0.532. The standard InChI is InChI=1S/C23H21N5O2/c29-22(13-14-28-16-24-20-11-4-5-12-21(20)28)25-18-9-6-10-19(15-18)27-23(30)26-17-7-2-1-3-8-17/h1-12,15-16H,13-14H2,(H,25,29)(H2,26,27,30). The Morgan fingerprint density at radius 2 is 1.43 bits per heavy atom. The lowest BCUT2D eigenvalue weighted by molar-refractivity contribution is -0.116. The van der Waals surface area contributed by atoms with Gasteiger partial charge >= 0.3 is 6.03 Å². The van der Waals surface area contributed by atoms with Crippen LogP contribution in [0.4, 0.5) is 21.9 Å². The second-order valence-corrected chi connectivity index (χ2v) is 6.75. The van der Waals surface area contributed by atoms with Gasteiger partial charge in [0.2, 0.25) is 5.91 Å². The van der Waals surface area contributed by atoms with Crippen molar-refractivity contribution in [2.45, 2.75) is 13.0 Å². The van der Waals surface area contributed by atoms with Gasteiger partial charge in [0.05, 0.1) is 17.4 Å². The Morgan fingerprint density at radius 1 is 0.767 bits per heavy atom. The molecular formula is C23H21N5O2. The minimum Gasteiger partial charge on any atom is -0.330 e. The van der Waals surface area contributed by atoms with E-state index in [1.807, 2.05) is 47.0 Å². The number of hydrogen-bond donors (Lipinski definition) is 3. The molecule has 3 amide bonds. The van der Waals surface area contributed by atoms with Crippen LogP contribution >= 0.6 is 0 Å². The van der Waals surface area contributed by atoms with Gasteiger partial charge in [-0.25, -0.2) is 9.78 Å². The SMILES string of the molecule is O=C(CCn1cnc2ccccc21)Nc1cccc(NC(=O)Nc2ccccc2)c1. The maximum atomic E-state index is 12.4. The number of para-hydroxylation sites is 3. The molecule has 7 nitrogen and oxygen atoms in total. The minimum atomic E-state index is -0.350. The van der Waals surface area contributed by atoms with Crippen molar-refractivity contribution in [3.63, 3.8) is 0 Å². The molecule has 7 heteroatoms. The van der Waals surface area contributed by atoms with Gasteiger partial charge in [0.25, 0.3) is 0 Å². The zero-order valence-corrected chi connectivity index (χ0v) is 16.2. The van der Waals surface area contributed by atoms with E-state index >= 15 is 0 Å². The number of carbonyl (C=O) groups is 2. The average molecular weight is 399 g/mol. The lowest BCUT2D eigenvalue weighted by Gasteiger charge is -2.10. The molecule has 0 fully saturated rings. The van der Waals surface area contributed by atoms with Crippen molar-refractivity contribution in [1.29, 1.82) is 0 Å². The number of imidazole rings is 1. The highest BCUT2D eigenvalue weighted by molar-refractivity contribution is 6.00. The van der Waals surface area contributed by atoms with Gasteiger partial charge in [0, 0.05) is 30.0 Å². The van der Waals surface area contributed by atoms with E-state index in [1.165, 1.54) is 0 Å². The summed E-state index contributed by atoms with van der Waals surface area (Å²) < 4.78 is 1.96. The van der Waals surface area contributed by atoms with E-state index in [-0.39, 0.29) is 11.9 Å². The normalized spacial score (nSPS) is 10.5. The van der Waals surface area contributed by atoms with Crippen LogP contribution in [0.2, 0.25) is 0 Å². The second kappa shape index (κ2) is 8.91. The number of aryl methyl sites for hydroxylation is 1. The Kier molecular flexibility index (Phi) is 5.70. The van der Waals surface area contributed by atoms with Crippen molar-refractivity contribution in [3.05, 3.63) is 85.2 Å². The van der Waals surface area contributed by atoms with Crippen molar-refractivity contribution < 1.29 is 9.59 Å². The predicted octanol–water partition coefficient (Wildman–Crippen LogP) is 4.71. The van der Waals surface area contributed by atoms with E-state index in [1.54, 1.807) is 42.7 Å². The molecule has 0 bridgehead atoms. The van der Waals surface area contributed by atoms with Crippen molar-refractivity contribution in [2.24, 2.45) is 0 Å². The van der Waals surface area contributed by atoms with Crippen LogP contribution in [0.15, 0.2) is 85.2 Å². The summed E-state index contributed by atoms with van der Waals surface area (Å²) in [6.07, 6.45) is 2.06. The Morgan fingerprint density at radius 3 is 2.27 bits per heavy atom. The highest BCUT2D eigenvalue weighted by Gasteiger charge is 2.07. The third-order valence-corrected chi connectivity index (χ3v) is 4.54. The number of benzene rings is 3. The van der Waals surface area contributed by atoms with E-state index in [2.05, 4.69) is 20.9 Å². The van der Waals surface area contributed by atoms with E-state index < -0.39 is 0 Å². The summed E-state index contributed by atoms with van der Waals surface area (Å²) in [7, 11) is 0. The van der Waals surface area contributed by atoms with Crippen LogP contribution in [0, 0.1) is 0 Å². The van der Waals surface area contributed by atoms with Gasteiger partial charge in [-0.2, -0.15) is 0 Å². The van der Waals surface area contributed by atoms with Crippen molar-refractivity contribution in [1.82, 2.24) is 9.55 Å². The van der Waals surface area contributed by atoms with Gasteiger partial charge in [-0.3, -0.25) is 4.79 Å². The number of anilines is 3. The first-order valence-electron chi connectivity index (χ1n) is 9.60. The van der Waals surface area contributed by atoms with Gasteiger partial charge in [0.1, 0.15) is 0 Å². The molecule has 30 heavy (non-hydrogen) atoms. The Labute approximate surface area is 173 Å². The molecule has 4 aromatic rings. The molecule has 0 aliphatic rings. The van der Waals surface area contributed by atoms with Crippen LogP contribution in [0.3, 0.4) is 0 Å². The largest absolute Gasteiger partial charge is 0.330 e. The molecule has 150 valence electrons. The number of hydrogen-bond acceptors (Lipinski definition) is 3. The minimum absolute atomic E-state index is 0.112. The molecule has 1 heterocycles. The molecule has 1 aromatic heterocycles. The average Bonchev–Trinajstić information content (AvgIpc) is 3.16. The molecular weight excluding hydrogens is 378 g/mol. The first-order valence-corrected chi connectivity index (χ1v) is 9.60. The van der Waals surface area contributed by atoms with Crippen molar-refractivity contribution in [3.8, 4) is 0 Å². The molecule has 0 radical (unpaired) electrons. The Bertz CT molecular complexity index is 1170. The molecule has 3 N–H and O–H groups in total. The molecule has 4 rings (SSSR count). The number of aromatic nitrogens is 2. The van der Waals surface area contributed by atoms with Crippen molar-refractivity contribution >= 4 is 40.0 Å². The summed E-state index contributed by atoms with van der Waals surface area (Å²) in [5.41, 5.74) is 3.81. The number of fused-ring (bicyclic) bond motifs is 1. The topological polar surface area (TPSA) is 88.1 Å². The first-order chi connectivity index (χ1) is 14.7. The molecule has 0 atom stereocenters. The van der Waals surface area contributed by atoms with Gasteiger partial charge in [-0.05, 0) is 42.5 Å². The fourth-order valence-electron chi connectivity index (χ4n) is 3.12. The van der Waals surface area contributed by atoms with Crippen LogP contribution < -0.4 is 16.0 Å². The van der Waals surface area contributed by atoms with Crippen LogP contribution in [0.5, 0.6) is 0 Å². The van der Waals surface area contributed by atoms with Gasteiger partial charge in [-0.15, -0.1) is 0 Å². The van der Waals surface area contributed by atoms with E-state index in [0.29, 0.717) is 30.0 Å². The fraction of sp³-hybridized carbons (Fsp3) is 0.0870. The molecule has 0 saturated carbocycles. The smallest absolute Gasteiger partial charge is 0.323 e. The highest BCUT2D eigenvalue weighted by Crippen LogP contribution is 2.17. The van der Waals surface area contributed by atoms with Crippen LogP contribution in [0.1, 0.15) is 6.42 Å². The Hall–Kier alpha value is -4.13. The number of amides is 3. The van der Waals surface area contributed by atoms with Gasteiger partial charge in [-0.1, -0.05) is 36.4 Å². The molecule has 0 aliphatic carbocycles. The van der Waals surface area contributed by atoms with Crippen LogP contribution in [-0.2, 0) is 11.3 Å². The van der Waals surface area contributed by atoms with Gasteiger partial charge in [0.15, 0.2) is 0 Å². The maximum absolute atomic E-state index is 12.4. The monoisotopic (exact) mass is 399 g/mol. The molecule has 0 saturated heterocycles. The maximum Gasteiger partial charge on any atom is 0.323 e. The van der Waals surface area contributed by atoms with E-state index in [9.17, 15) is 9.59 Å². The Balaban J connectivity index is 1.32. The summed E-state index contributed by atoms with van der Waals surface area (Å²) in [5.74, 6) is -0.112. The third kappa shape index (κ3) is 4.82. The summed E-state index contributed by atoms with van der Waals surface area (Å²) >= 11 is 0. The lowest BCUT2D eigenvalue weighted by Crippen LogP contribution is -2.19. The van der Waals surface area contributed by atoms with E-state index in [0.717, 1.165) is 11.0 Å². The summed E-state index contributed by atoms with van der Waals surface area (Å²) in [5, 5.41) is 8.39. The van der Waals surface area contributed by atoms with Gasteiger partial charge < -0.3 is 20.5 Å². The number of nitrogens with one attached hydrogen (secondary N) is 3. The molecule has 0 unspecified atom stereocenters. The van der Waals surface area contributed by atoms with Crippen LogP contribution in [-0.4, -0.2) is 21.5 Å². The van der Waals surface area contributed by atoms with Crippen molar-refractivity contribution in [2.75, 3.05) is 16.0 Å². The zero-order valence-electron chi connectivity index (χ0n) is 16.2. The summed E-state index contributed by atoms with van der Waals surface area (Å²) in [4.78, 5) is 28.8. The predicted molar refractivity (Wildman–Crippen MR) is 119 cm³/mol. The fourth-order valence-corrected chi connectivity index (χ4v) is 3.12. The zero-order chi connectivity index (χ0) is 20.8. The summed E-state index contributed by atoms with van der Waals surface area (Å²) in [6, 6.07) is 23.7. The number of carbonyl (C=O) groups excluding carboxylic acids is 2. The molecule has 0 aliphatic heterocycles. The number of rotatable bonds is 6. The molecule has 0 spiro atoms. The van der Waals surface area contributed by atoms with Crippen LogP contribution in [0.25, 0.3) is 11.0 Å².